The third-order valence-corrected chi connectivity index (χ3v) is 4.49. The number of nitrogens with zero attached hydrogens (tertiary/aromatic N) is 1. The summed E-state index contributed by atoms with van der Waals surface area (Å²) >= 11 is 0. The molecule has 0 rings (SSSR count). The Morgan fingerprint density at radius 3 is 1.27 bits per heavy atom. The Morgan fingerprint density at radius 1 is 0.636 bits per heavy atom. The van der Waals surface area contributed by atoms with Crippen LogP contribution >= 0.6 is 0 Å². The van der Waals surface area contributed by atoms with E-state index in [-0.39, 0.29) is 0 Å². The fourth-order valence-electron chi connectivity index (χ4n) is 2.94. The molecule has 0 aromatic heterocycles. The monoisotopic (exact) mass is 305 g/mol. The molecule has 0 N–H and O–H groups in total. The van der Waals surface area contributed by atoms with Crippen LogP contribution in [0.4, 0.5) is 0 Å². The van der Waals surface area contributed by atoms with Crippen molar-refractivity contribution in [3.63, 3.8) is 0 Å². The average Bonchev–Trinajstić information content (AvgIpc) is 2.54. The first kappa shape index (κ1) is 21.2. The van der Waals surface area contributed by atoms with Gasteiger partial charge in [0.05, 0.1) is 6.07 Å². The minimum Gasteiger partial charge on any atom is -0.193 e. The lowest BCUT2D eigenvalue weighted by molar-refractivity contribution is 0.529. The minimum absolute atomic E-state index is 0.741. The van der Waals surface area contributed by atoms with E-state index in [1.54, 1.807) is 0 Å². The molecule has 0 aliphatic carbocycles. The Hall–Kier alpha value is -0.770. The van der Waals surface area contributed by atoms with Gasteiger partial charge in [0.1, 0.15) is 0 Å². The predicted octanol–water partition coefficient (Wildman–Crippen LogP) is 7.72. The molecule has 0 saturated heterocycles. The third-order valence-electron chi connectivity index (χ3n) is 4.49. The SMILES string of the molecule is C=C(C#N)CCCCCCCCCCCCCCCCCC. The highest BCUT2D eigenvalue weighted by Gasteiger charge is 1.95. The maximum absolute atomic E-state index is 8.61. The maximum atomic E-state index is 8.61. The van der Waals surface area contributed by atoms with Gasteiger partial charge in [-0.2, -0.15) is 5.26 Å². The fourth-order valence-corrected chi connectivity index (χ4v) is 2.94. The van der Waals surface area contributed by atoms with Gasteiger partial charge in [0, 0.05) is 5.57 Å². The second-order valence-corrected chi connectivity index (χ2v) is 6.77. The molecule has 0 heterocycles. The van der Waals surface area contributed by atoms with Crippen LogP contribution in [0.15, 0.2) is 12.2 Å². The molecular weight excluding hydrogens is 266 g/mol. The van der Waals surface area contributed by atoms with Crippen molar-refractivity contribution in [1.29, 1.82) is 5.26 Å². The fraction of sp³-hybridized carbons (Fsp3) is 0.857. The number of allylic oxidation sites excluding steroid dienone is 1. The molecule has 0 atom stereocenters. The molecule has 0 aliphatic heterocycles. The molecule has 22 heavy (non-hydrogen) atoms. The van der Waals surface area contributed by atoms with Crippen LogP contribution in [-0.4, -0.2) is 0 Å². The summed E-state index contributed by atoms with van der Waals surface area (Å²) < 4.78 is 0. The standard InChI is InChI=1S/C21H39N/c1-3-4-5-6-7-8-9-10-11-12-13-14-15-16-17-18-19-21(2)20-22/h2-19H2,1H3. The van der Waals surface area contributed by atoms with Gasteiger partial charge in [0.15, 0.2) is 0 Å². The topological polar surface area (TPSA) is 23.8 Å². The van der Waals surface area contributed by atoms with Crippen LogP contribution in [0.5, 0.6) is 0 Å². The van der Waals surface area contributed by atoms with Crippen LogP contribution in [0.25, 0.3) is 0 Å². The number of unbranched alkanes of at least 4 members (excludes halogenated alkanes) is 15. The van der Waals surface area contributed by atoms with Crippen molar-refractivity contribution in [2.24, 2.45) is 0 Å². The molecule has 0 aliphatic rings. The molecule has 0 saturated carbocycles. The predicted molar refractivity (Wildman–Crippen MR) is 98.9 cm³/mol. The molecule has 1 nitrogen and oxygen atoms in total. The number of rotatable bonds is 17. The number of nitriles is 1. The minimum atomic E-state index is 0.741. The van der Waals surface area contributed by atoms with Crippen LogP contribution in [0.1, 0.15) is 116 Å². The van der Waals surface area contributed by atoms with E-state index < -0.39 is 0 Å². The van der Waals surface area contributed by atoms with E-state index in [9.17, 15) is 0 Å². The zero-order valence-corrected chi connectivity index (χ0v) is 15.2. The van der Waals surface area contributed by atoms with E-state index in [1.807, 2.05) is 0 Å². The highest BCUT2D eigenvalue weighted by molar-refractivity contribution is 5.14. The van der Waals surface area contributed by atoms with E-state index in [1.165, 1.54) is 96.3 Å². The summed E-state index contributed by atoms with van der Waals surface area (Å²) in [6.45, 7) is 6.00. The Bertz CT molecular complexity index is 274. The van der Waals surface area contributed by atoms with Gasteiger partial charge in [-0.15, -0.1) is 0 Å². The molecule has 0 aromatic rings. The lowest BCUT2D eigenvalue weighted by Gasteiger charge is -2.03. The summed E-state index contributed by atoms with van der Waals surface area (Å²) in [6, 6.07) is 2.12. The zero-order valence-electron chi connectivity index (χ0n) is 15.2. The Labute approximate surface area is 140 Å². The van der Waals surface area contributed by atoms with Gasteiger partial charge < -0.3 is 0 Å². The molecule has 0 aromatic carbocycles. The van der Waals surface area contributed by atoms with Crippen molar-refractivity contribution in [2.45, 2.75) is 116 Å². The molecule has 0 fully saturated rings. The summed E-state index contributed by atoms with van der Waals surface area (Å²) in [5.74, 6) is 0. The van der Waals surface area contributed by atoms with Crippen molar-refractivity contribution in [1.82, 2.24) is 0 Å². The first-order valence-electron chi connectivity index (χ1n) is 9.89. The van der Waals surface area contributed by atoms with Crippen molar-refractivity contribution >= 4 is 0 Å². The Balaban J connectivity index is 3.00. The largest absolute Gasteiger partial charge is 0.193 e. The molecule has 0 unspecified atom stereocenters. The smallest absolute Gasteiger partial charge is 0.0940 e. The molecular formula is C21H39N. The van der Waals surface area contributed by atoms with Crippen molar-refractivity contribution in [3.8, 4) is 6.07 Å². The van der Waals surface area contributed by atoms with Crippen molar-refractivity contribution < 1.29 is 0 Å². The molecule has 128 valence electrons. The quantitative estimate of drug-likeness (QED) is 0.199. The van der Waals surface area contributed by atoms with E-state index in [4.69, 9.17) is 5.26 Å². The van der Waals surface area contributed by atoms with E-state index in [2.05, 4.69) is 19.6 Å². The van der Waals surface area contributed by atoms with Gasteiger partial charge in [0.2, 0.25) is 0 Å². The van der Waals surface area contributed by atoms with Gasteiger partial charge in [0.25, 0.3) is 0 Å². The third kappa shape index (κ3) is 17.3. The van der Waals surface area contributed by atoms with Gasteiger partial charge in [-0.3, -0.25) is 0 Å². The van der Waals surface area contributed by atoms with Crippen LogP contribution in [0, 0.1) is 11.3 Å². The molecule has 0 radical (unpaired) electrons. The van der Waals surface area contributed by atoms with Crippen LogP contribution in [0.3, 0.4) is 0 Å². The van der Waals surface area contributed by atoms with E-state index >= 15 is 0 Å². The first-order chi connectivity index (χ1) is 10.8. The van der Waals surface area contributed by atoms with E-state index in [0.717, 1.165) is 18.4 Å². The second kappa shape index (κ2) is 18.3. The highest BCUT2D eigenvalue weighted by atomic mass is 14.2. The number of hydrogen-bond donors (Lipinski definition) is 0. The van der Waals surface area contributed by atoms with Crippen LogP contribution in [-0.2, 0) is 0 Å². The summed E-state index contributed by atoms with van der Waals surface area (Å²) in [5, 5.41) is 8.61. The second-order valence-electron chi connectivity index (χ2n) is 6.77. The Morgan fingerprint density at radius 2 is 0.955 bits per heavy atom. The summed E-state index contributed by atoms with van der Waals surface area (Å²) in [4.78, 5) is 0. The van der Waals surface area contributed by atoms with Gasteiger partial charge in [-0.1, -0.05) is 110 Å². The molecule has 0 spiro atoms. The van der Waals surface area contributed by atoms with Gasteiger partial charge >= 0.3 is 0 Å². The lowest BCUT2D eigenvalue weighted by Crippen LogP contribution is -1.84. The lowest BCUT2D eigenvalue weighted by atomic mass is 10.0. The molecule has 0 bridgehead atoms. The van der Waals surface area contributed by atoms with Gasteiger partial charge in [-0.25, -0.2) is 0 Å². The number of hydrogen-bond acceptors (Lipinski definition) is 1. The Kier molecular flexibility index (Phi) is 17.6. The normalized spacial score (nSPS) is 10.5. The van der Waals surface area contributed by atoms with Gasteiger partial charge in [-0.05, 0) is 12.8 Å². The summed E-state index contributed by atoms with van der Waals surface area (Å²) in [5.41, 5.74) is 0.741. The average molecular weight is 306 g/mol. The summed E-state index contributed by atoms with van der Waals surface area (Å²) in [7, 11) is 0. The van der Waals surface area contributed by atoms with E-state index in [0.29, 0.717) is 0 Å². The van der Waals surface area contributed by atoms with Crippen molar-refractivity contribution in [3.05, 3.63) is 12.2 Å². The zero-order chi connectivity index (χ0) is 16.3. The molecule has 1 heteroatoms. The van der Waals surface area contributed by atoms with Crippen LogP contribution < -0.4 is 0 Å². The highest BCUT2D eigenvalue weighted by Crippen LogP contribution is 2.14. The first-order valence-corrected chi connectivity index (χ1v) is 9.89. The summed E-state index contributed by atoms with van der Waals surface area (Å²) in [6.07, 6.45) is 23.2. The molecule has 0 amide bonds. The van der Waals surface area contributed by atoms with Crippen LogP contribution in [0.2, 0.25) is 0 Å². The van der Waals surface area contributed by atoms with Crippen molar-refractivity contribution in [2.75, 3.05) is 0 Å². The maximum Gasteiger partial charge on any atom is 0.0940 e.